The molecule has 3 aliphatic rings. The molecule has 0 spiro atoms. The molecule has 144 valence electrons. The summed E-state index contributed by atoms with van der Waals surface area (Å²) in [5, 5.41) is 0. The Morgan fingerprint density at radius 3 is 2.23 bits per heavy atom. The number of piperidine rings is 1. The van der Waals surface area contributed by atoms with Gasteiger partial charge in [-0.05, 0) is 70.3 Å². The van der Waals surface area contributed by atoms with Crippen molar-refractivity contribution < 1.29 is 0 Å². The lowest BCUT2D eigenvalue weighted by Gasteiger charge is -2.39. The summed E-state index contributed by atoms with van der Waals surface area (Å²) < 4.78 is 0. The molecule has 0 amide bonds. The SMILES string of the molecule is CCCCCN1CCC(c2cnc(N3C4CCC3CN(C)C4)nc2)CC1. The highest BCUT2D eigenvalue weighted by molar-refractivity contribution is 5.38. The Hall–Kier alpha value is -1.20. The van der Waals surface area contributed by atoms with Crippen LogP contribution >= 0.6 is 0 Å². The van der Waals surface area contributed by atoms with Crippen LogP contribution in [0.5, 0.6) is 0 Å². The number of likely N-dealkylation sites (N-methyl/N-ethyl adjacent to an activating group) is 1. The van der Waals surface area contributed by atoms with Gasteiger partial charge in [0.1, 0.15) is 0 Å². The zero-order valence-corrected chi connectivity index (χ0v) is 16.6. The van der Waals surface area contributed by atoms with Crippen LogP contribution in [0.1, 0.15) is 63.4 Å². The third-order valence-corrected chi connectivity index (χ3v) is 6.69. The third-order valence-electron chi connectivity index (χ3n) is 6.69. The van der Waals surface area contributed by atoms with Gasteiger partial charge in [0.25, 0.3) is 0 Å². The maximum atomic E-state index is 4.81. The van der Waals surface area contributed by atoms with Crippen LogP contribution in [-0.2, 0) is 0 Å². The molecule has 1 aromatic rings. The Morgan fingerprint density at radius 1 is 0.962 bits per heavy atom. The van der Waals surface area contributed by atoms with Crippen LogP contribution in [0.2, 0.25) is 0 Å². The van der Waals surface area contributed by atoms with Crippen LogP contribution < -0.4 is 4.90 Å². The highest BCUT2D eigenvalue weighted by atomic mass is 15.4. The fourth-order valence-corrected chi connectivity index (χ4v) is 5.19. The predicted molar refractivity (Wildman–Crippen MR) is 107 cm³/mol. The maximum absolute atomic E-state index is 4.81. The Balaban J connectivity index is 1.33. The predicted octanol–water partition coefficient (Wildman–Crippen LogP) is 3.13. The van der Waals surface area contributed by atoms with E-state index in [4.69, 9.17) is 9.97 Å². The minimum Gasteiger partial charge on any atom is -0.332 e. The minimum atomic E-state index is 0.607. The van der Waals surface area contributed by atoms with Crippen molar-refractivity contribution in [3.8, 4) is 0 Å². The first-order valence-corrected chi connectivity index (χ1v) is 10.8. The quantitative estimate of drug-likeness (QED) is 0.731. The van der Waals surface area contributed by atoms with Gasteiger partial charge >= 0.3 is 0 Å². The lowest BCUT2D eigenvalue weighted by molar-refractivity contribution is 0.208. The van der Waals surface area contributed by atoms with Crippen molar-refractivity contribution in [1.29, 1.82) is 0 Å². The van der Waals surface area contributed by atoms with Crippen molar-refractivity contribution in [2.24, 2.45) is 0 Å². The first-order valence-electron chi connectivity index (χ1n) is 10.8. The van der Waals surface area contributed by atoms with Crippen molar-refractivity contribution in [1.82, 2.24) is 19.8 Å². The molecule has 3 fully saturated rings. The standard InChI is InChI=1S/C21H35N5/c1-3-4-5-10-25-11-8-17(9-12-25)18-13-22-21(23-14-18)26-19-6-7-20(26)16-24(2)15-19/h13-14,17,19-20H,3-12,15-16H2,1-2H3. The van der Waals surface area contributed by atoms with E-state index in [1.807, 2.05) is 0 Å². The Labute approximate surface area is 158 Å². The molecule has 4 rings (SSSR count). The second kappa shape index (κ2) is 8.22. The average molecular weight is 358 g/mol. The second-order valence-corrected chi connectivity index (χ2v) is 8.65. The van der Waals surface area contributed by atoms with E-state index in [-0.39, 0.29) is 0 Å². The van der Waals surface area contributed by atoms with Gasteiger partial charge in [-0.3, -0.25) is 0 Å². The van der Waals surface area contributed by atoms with Crippen molar-refractivity contribution in [2.75, 3.05) is 44.7 Å². The Morgan fingerprint density at radius 2 is 1.62 bits per heavy atom. The first-order chi connectivity index (χ1) is 12.7. The van der Waals surface area contributed by atoms with Gasteiger partial charge in [0.15, 0.2) is 0 Å². The number of hydrogen-bond donors (Lipinski definition) is 0. The monoisotopic (exact) mass is 357 g/mol. The maximum Gasteiger partial charge on any atom is 0.225 e. The van der Waals surface area contributed by atoms with E-state index in [1.165, 1.54) is 70.1 Å². The summed E-state index contributed by atoms with van der Waals surface area (Å²) in [5.41, 5.74) is 1.35. The fraction of sp³-hybridized carbons (Fsp3) is 0.810. The highest BCUT2D eigenvalue weighted by Crippen LogP contribution is 2.33. The molecule has 2 bridgehead atoms. The van der Waals surface area contributed by atoms with Gasteiger partial charge in [-0.25, -0.2) is 9.97 Å². The summed E-state index contributed by atoms with van der Waals surface area (Å²) in [4.78, 5) is 17.2. The molecule has 0 aromatic carbocycles. The van der Waals surface area contributed by atoms with Gasteiger partial charge in [-0.2, -0.15) is 0 Å². The van der Waals surface area contributed by atoms with E-state index in [2.05, 4.69) is 41.1 Å². The number of fused-ring (bicyclic) bond motifs is 2. The minimum absolute atomic E-state index is 0.607. The molecule has 0 saturated carbocycles. The number of rotatable bonds is 6. The summed E-state index contributed by atoms with van der Waals surface area (Å²) in [6.45, 7) is 8.33. The van der Waals surface area contributed by atoms with E-state index in [0.29, 0.717) is 18.0 Å². The molecule has 1 aromatic heterocycles. The lowest BCUT2D eigenvalue weighted by atomic mass is 9.91. The number of unbranched alkanes of at least 4 members (excludes halogenated alkanes) is 2. The number of nitrogens with zero attached hydrogens (tertiary/aromatic N) is 5. The topological polar surface area (TPSA) is 35.5 Å². The van der Waals surface area contributed by atoms with Crippen molar-refractivity contribution >= 4 is 5.95 Å². The molecule has 2 atom stereocenters. The van der Waals surface area contributed by atoms with Crippen molar-refractivity contribution in [3.63, 3.8) is 0 Å². The summed E-state index contributed by atoms with van der Waals surface area (Å²) in [5.74, 6) is 1.61. The van der Waals surface area contributed by atoms with E-state index < -0.39 is 0 Å². The molecular weight excluding hydrogens is 322 g/mol. The molecule has 2 unspecified atom stereocenters. The molecule has 5 nitrogen and oxygen atoms in total. The number of aromatic nitrogens is 2. The first kappa shape index (κ1) is 18.2. The smallest absolute Gasteiger partial charge is 0.225 e. The number of hydrogen-bond acceptors (Lipinski definition) is 5. The van der Waals surface area contributed by atoms with Crippen LogP contribution in [0.3, 0.4) is 0 Å². The molecular formula is C21H35N5. The van der Waals surface area contributed by atoms with Gasteiger partial charge in [0, 0.05) is 37.6 Å². The summed E-state index contributed by atoms with van der Waals surface area (Å²) in [6, 6.07) is 1.21. The third kappa shape index (κ3) is 3.89. The number of likely N-dealkylation sites (tertiary alicyclic amines) is 2. The number of piperazine rings is 1. The number of anilines is 1. The Kier molecular flexibility index (Phi) is 5.75. The lowest BCUT2D eigenvalue weighted by Crippen LogP contribution is -2.53. The molecule has 3 aliphatic heterocycles. The molecule has 3 saturated heterocycles. The van der Waals surface area contributed by atoms with Gasteiger partial charge in [-0.15, -0.1) is 0 Å². The Bertz CT molecular complexity index is 552. The van der Waals surface area contributed by atoms with Crippen LogP contribution in [0.15, 0.2) is 12.4 Å². The van der Waals surface area contributed by atoms with Gasteiger partial charge < -0.3 is 14.7 Å². The van der Waals surface area contributed by atoms with Crippen molar-refractivity contribution in [3.05, 3.63) is 18.0 Å². The zero-order chi connectivity index (χ0) is 17.9. The summed E-state index contributed by atoms with van der Waals surface area (Å²) in [6.07, 6.45) is 13.4. The van der Waals surface area contributed by atoms with Crippen LogP contribution in [0, 0.1) is 0 Å². The van der Waals surface area contributed by atoms with Gasteiger partial charge in [0.05, 0.1) is 0 Å². The summed E-state index contributed by atoms with van der Waals surface area (Å²) >= 11 is 0. The van der Waals surface area contributed by atoms with E-state index in [1.54, 1.807) is 0 Å². The van der Waals surface area contributed by atoms with Gasteiger partial charge in [-0.1, -0.05) is 19.8 Å². The van der Waals surface area contributed by atoms with Crippen LogP contribution in [0.25, 0.3) is 0 Å². The van der Waals surface area contributed by atoms with E-state index in [9.17, 15) is 0 Å². The molecule has 0 radical (unpaired) electrons. The van der Waals surface area contributed by atoms with Gasteiger partial charge in [0.2, 0.25) is 5.95 Å². The molecule has 0 aliphatic carbocycles. The van der Waals surface area contributed by atoms with E-state index >= 15 is 0 Å². The molecule has 0 N–H and O–H groups in total. The molecule has 4 heterocycles. The van der Waals surface area contributed by atoms with Crippen LogP contribution in [0.4, 0.5) is 5.95 Å². The van der Waals surface area contributed by atoms with Crippen molar-refractivity contribution in [2.45, 2.75) is 69.9 Å². The van der Waals surface area contributed by atoms with Crippen LogP contribution in [-0.4, -0.2) is 71.6 Å². The van der Waals surface area contributed by atoms with E-state index in [0.717, 1.165) is 19.0 Å². The fourth-order valence-electron chi connectivity index (χ4n) is 5.19. The largest absolute Gasteiger partial charge is 0.332 e. The normalized spacial score (nSPS) is 28.0. The second-order valence-electron chi connectivity index (χ2n) is 8.65. The highest BCUT2D eigenvalue weighted by Gasteiger charge is 2.40. The summed E-state index contributed by atoms with van der Waals surface area (Å²) in [7, 11) is 2.24. The zero-order valence-electron chi connectivity index (χ0n) is 16.6. The molecule has 26 heavy (non-hydrogen) atoms. The average Bonchev–Trinajstić information content (AvgIpc) is 2.94. The molecule has 5 heteroatoms.